The second kappa shape index (κ2) is 6.33. The van der Waals surface area contributed by atoms with Crippen LogP contribution in [0.25, 0.3) is 0 Å². The first-order valence-electron chi connectivity index (χ1n) is 5.74. The lowest BCUT2D eigenvalue weighted by Gasteiger charge is -2.10. The molecule has 1 aromatic carbocycles. The number of anilines is 1. The Hall–Kier alpha value is -1.88. The summed E-state index contributed by atoms with van der Waals surface area (Å²) in [5.74, 6) is 0.675. The summed E-state index contributed by atoms with van der Waals surface area (Å²) >= 11 is 5.87. The van der Waals surface area contributed by atoms with Crippen LogP contribution in [0.15, 0.2) is 30.6 Å². The highest BCUT2D eigenvalue weighted by Crippen LogP contribution is 2.28. The van der Waals surface area contributed by atoms with E-state index in [1.54, 1.807) is 18.2 Å². The standard InChI is InChI=1S/C13H13ClFN3O/c1-19-11-12(14)17-8-18-13(11)16-7-6-9-4-2-3-5-10(9)15/h2-5,8H,6-7H2,1H3,(H,16,17,18). The zero-order valence-corrected chi connectivity index (χ0v) is 11.1. The Morgan fingerprint density at radius 2 is 2.11 bits per heavy atom. The van der Waals surface area contributed by atoms with Gasteiger partial charge in [0.25, 0.3) is 0 Å². The number of benzene rings is 1. The number of nitrogens with zero attached hydrogens (tertiary/aromatic N) is 2. The van der Waals surface area contributed by atoms with E-state index in [2.05, 4.69) is 15.3 Å². The Labute approximate surface area is 115 Å². The molecule has 100 valence electrons. The minimum Gasteiger partial charge on any atom is -0.490 e. The number of methoxy groups -OCH3 is 1. The van der Waals surface area contributed by atoms with Crippen molar-refractivity contribution in [1.82, 2.24) is 9.97 Å². The summed E-state index contributed by atoms with van der Waals surface area (Å²) in [4.78, 5) is 7.86. The zero-order valence-electron chi connectivity index (χ0n) is 10.4. The fraction of sp³-hybridized carbons (Fsp3) is 0.231. The molecular weight excluding hydrogens is 269 g/mol. The molecule has 19 heavy (non-hydrogen) atoms. The number of halogens is 2. The average molecular weight is 282 g/mol. The summed E-state index contributed by atoms with van der Waals surface area (Å²) in [7, 11) is 1.49. The van der Waals surface area contributed by atoms with Crippen molar-refractivity contribution in [3.05, 3.63) is 47.1 Å². The van der Waals surface area contributed by atoms with Gasteiger partial charge in [0.05, 0.1) is 7.11 Å². The topological polar surface area (TPSA) is 47.0 Å². The number of hydrogen-bond acceptors (Lipinski definition) is 4. The fourth-order valence-electron chi connectivity index (χ4n) is 1.68. The van der Waals surface area contributed by atoms with Crippen LogP contribution in [-0.2, 0) is 6.42 Å². The molecule has 2 rings (SSSR count). The number of ether oxygens (including phenoxy) is 1. The molecule has 0 amide bonds. The second-order valence-electron chi connectivity index (χ2n) is 3.81. The van der Waals surface area contributed by atoms with E-state index in [1.165, 1.54) is 19.5 Å². The highest BCUT2D eigenvalue weighted by molar-refractivity contribution is 6.31. The molecule has 0 aliphatic carbocycles. The smallest absolute Gasteiger partial charge is 0.198 e. The summed E-state index contributed by atoms with van der Waals surface area (Å²) in [5.41, 5.74) is 0.647. The molecule has 0 unspecified atom stereocenters. The first kappa shape index (κ1) is 13.5. The summed E-state index contributed by atoms with van der Waals surface area (Å²) in [6, 6.07) is 6.67. The maximum Gasteiger partial charge on any atom is 0.198 e. The summed E-state index contributed by atoms with van der Waals surface area (Å²) in [6.07, 6.45) is 1.88. The van der Waals surface area contributed by atoms with E-state index in [0.29, 0.717) is 30.1 Å². The highest BCUT2D eigenvalue weighted by atomic mass is 35.5. The van der Waals surface area contributed by atoms with Gasteiger partial charge in [-0.3, -0.25) is 0 Å². The number of aromatic nitrogens is 2. The highest BCUT2D eigenvalue weighted by Gasteiger charge is 2.09. The molecule has 0 aliphatic heterocycles. The molecule has 0 radical (unpaired) electrons. The van der Waals surface area contributed by atoms with E-state index >= 15 is 0 Å². The molecule has 0 aliphatic rings. The van der Waals surface area contributed by atoms with Crippen molar-refractivity contribution < 1.29 is 9.13 Å². The Morgan fingerprint density at radius 3 is 2.84 bits per heavy atom. The molecule has 1 heterocycles. The van der Waals surface area contributed by atoms with Crippen molar-refractivity contribution in [3.63, 3.8) is 0 Å². The maximum atomic E-state index is 13.4. The van der Waals surface area contributed by atoms with E-state index in [0.717, 1.165) is 0 Å². The van der Waals surface area contributed by atoms with Crippen LogP contribution in [0.4, 0.5) is 10.2 Å². The molecule has 0 spiro atoms. The largest absolute Gasteiger partial charge is 0.490 e. The fourth-order valence-corrected chi connectivity index (χ4v) is 1.89. The molecule has 2 aromatic rings. The Kier molecular flexibility index (Phi) is 4.52. The third kappa shape index (κ3) is 3.32. The van der Waals surface area contributed by atoms with Crippen LogP contribution >= 0.6 is 11.6 Å². The van der Waals surface area contributed by atoms with Crippen LogP contribution in [0.1, 0.15) is 5.56 Å². The predicted molar refractivity (Wildman–Crippen MR) is 72.2 cm³/mol. The van der Waals surface area contributed by atoms with Gasteiger partial charge in [-0.1, -0.05) is 29.8 Å². The lowest BCUT2D eigenvalue weighted by atomic mass is 10.1. The molecule has 0 saturated carbocycles. The summed E-state index contributed by atoms with van der Waals surface area (Å²) in [5, 5.41) is 3.30. The van der Waals surface area contributed by atoms with Crippen molar-refractivity contribution in [1.29, 1.82) is 0 Å². The third-order valence-electron chi connectivity index (χ3n) is 2.61. The van der Waals surface area contributed by atoms with E-state index in [-0.39, 0.29) is 11.0 Å². The zero-order chi connectivity index (χ0) is 13.7. The number of nitrogens with one attached hydrogen (secondary N) is 1. The molecule has 1 aromatic heterocycles. The van der Waals surface area contributed by atoms with E-state index < -0.39 is 0 Å². The van der Waals surface area contributed by atoms with Crippen LogP contribution in [-0.4, -0.2) is 23.6 Å². The minimum absolute atomic E-state index is 0.211. The van der Waals surface area contributed by atoms with Crippen molar-refractivity contribution in [2.75, 3.05) is 19.0 Å². The van der Waals surface area contributed by atoms with Crippen LogP contribution in [0.5, 0.6) is 5.75 Å². The van der Waals surface area contributed by atoms with Crippen LogP contribution in [0.2, 0.25) is 5.15 Å². The van der Waals surface area contributed by atoms with Gasteiger partial charge in [0.2, 0.25) is 0 Å². The van der Waals surface area contributed by atoms with Crippen LogP contribution < -0.4 is 10.1 Å². The Bertz CT molecular complexity index is 565. The van der Waals surface area contributed by atoms with Gasteiger partial charge < -0.3 is 10.1 Å². The van der Waals surface area contributed by atoms with E-state index in [4.69, 9.17) is 16.3 Å². The van der Waals surface area contributed by atoms with E-state index in [9.17, 15) is 4.39 Å². The average Bonchev–Trinajstić information content (AvgIpc) is 2.41. The molecular formula is C13H13ClFN3O. The molecule has 4 nitrogen and oxygen atoms in total. The molecule has 0 bridgehead atoms. The first-order chi connectivity index (χ1) is 9.22. The van der Waals surface area contributed by atoms with Crippen LogP contribution in [0.3, 0.4) is 0 Å². The maximum absolute atomic E-state index is 13.4. The van der Waals surface area contributed by atoms with Crippen LogP contribution in [0, 0.1) is 5.82 Å². The molecule has 0 atom stereocenters. The van der Waals surface area contributed by atoms with Gasteiger partial charge in [0.15, 0.2) is 16.7 Å². The summed E-state index contributed by atoms with van der Waals surface area (Å²) in [6.45, 7) is 0.518. The third-order valence-corrected chi connectivity index (χ3v) is 2.88. The van der Waals surface area contributed by atoms with Gasteiger partial charge in [0, 0.05) is 6.54 Å². The van der Waals surface area contributed by atoms with Gasteiger partial charge in [-0.25, -0.2) is 14.4 Å². The number of hydrogen-bond donors (Lipinski definition) is 1. The van der Waals surface area contributed by atoms with Crippen molar-refractivity contribution in [2.45, 2.75) is 6.42 Å². The SMILES string of the molecule is COc1c(Cl)ncnc1NCCc1ccccc1F. The molecule has 6 heteroatoms. The lowest BCUT2D eigenvalue weighted by molar-refractivity contribution is 0.413. The summed E-state index contributed by atoms with van der Waals surface area (Å²) < 4.78 is 18.5. The first-order valence-corrected chi connectivity index (χ1v) is 6.12. The van der Waals surface area contributed by atoms with Gasteiger partial charge in [0.1, 0.15) is 12.1 Å². The van der Waals surface area contributed by atoms with Gasteiger partial charge in [-0.2, -0.15) is 0 Å². The van der Waals surface area contributed by atoms with E-state index in [1.807, 2.05) is 0 Å². The molecule has 0 saturated heterocycles. The predicted octanol–water partition coefficient (Wildman–Crippen LogP) is 2.93. The van der Waals surface area contributed by atoms with Gasteiger partial charge in [-0.05, 0) is 18.1 Å². The van der Waals surface area contributed by atoms with Crippen molar-refractivity contribution in [3.8, 4) is 5.75 Å². The van der Waals surface area contributed by atoms with Gasteiger partial charge in [-0.15, -0.1) is 0 Å². The Morgan fingerprint density at radius 1 is 1.32 bits per heavy atom. The second-order valence-corrected chi connectivity index (χ2v) is 4.17. The Balaban J connectivity index is 2.00. The van der Waals surface area contributed by atoms with Gasteiger partial charge >= 0.3 is 0 Å². The quantitative estimate of drug-likeness (QED) is 0.856. The molecule has 0 fully saturated rings. The lowest BCUT2D eigenvalue weighted by Crippen LogP contribution is -2.09. The van der Waals surface area contributed by atoms with Crippen molar-refractivity contribution in [2.24, 2.45) is 0 Å². The normalized spacial score (nSPS) is 10.3. The minimum atomic E-state index is -0.211. The molecule has 1 N–H and O–H groups in total. The van der Waals surface area contributed by atoms with Crippen molar-refractivity contribution >= 4 is 17.4 Å². The monoisotopic (exact) mass is 281 g/mol. The number of rotatable bonds is 5.